The first-order chi connectivity index (χ1) is 8.62. The van der Waals surface area contributed by atoms with Crippen LogP contribution in [-0.2, 0) is 0 Å². The molecule has 0 aromatic heterocycles. The molecule has 0 aromatic carbocycles. The second-order valence-corrected chi connectivity index (χ2v) is 6.94. The summed E-state index contributed by atoms with van der Waals surface area (Å²) >= 11 is 1.97. The highest BCUT2D eigenvalue weighted by Crippen LogP contribution is 2.30. The molecule has 0 amide bonds. The number of rotatable bonds is 7. The third-order valence-corrected chi connectivity index (χ3v) is 5.31. The average Bonchev–Trinajstić information content (AvgIpc) is 2.36. The van der Waals surface area contributed by atoms with Gasteiger partial charge in [-0.1, -0.05) is 13.8 Å². The van der Waals surface area contributed by atoms with Crippen LogP contribution in [0, 0.1) is 11.8 Å². The third-order valence-electron chi connectivity index (χ3n) is 4.59. The monoisotopic (exact) mass is 272 g/mol. The zero-order valence-electron chi connectivity index (χ0n) is 12.9. The zero-order chi connectivity index (χ0) is 13.5. The number of hydrogen-bond acceptors (Lipinski definition) is 3. The van der Waals surface area contributed by atoms with Gasteiger partial charge in [0.2, 0.25) is 0 Å². The van der Waals surface area contributed by atoms with E-state index in [2.05, 4.69) is 44.4 Å². The molecule has 1 fully saturated rings. The molecule has 0 aliphatic heterocycles. The number of nitrogens with zero attached hydrogens (tertiary/aromatic N) is 1. The lowest BCUT2D eigenvalue weighted by atomic mass is 9.78. The van der Waals surface area contributed by atoms with Gasteiger partial charge in [0.05, 0.1) is 0 Å². The van der Waals surface area contributed by atoms with Gasteiger partial charge >= 0.3 is 0 Å². The molecular formula is C15H32N2S. The van der Waals surface area contributed by atoms with Crippen LogP contribution in [0.1, 0.15) is 39.5 Å². The van der Waals surface area contributed by atoms with Crippen LogP contribution < -0.4 is 5.32 Å². The molecule has 4 atom stereocenters. The normalized spacial score (nSPS) is 30.7. The maximum Gasteiger partial charge on any atom is 0.0180 e. The van der Waals surface area contributed by atoms with Crippen molar-refractivity contribution in [3.63, 3.8) is 0 Å². The summed E-state index contributed by atoms with van der Waals surface area (Å²) in [5, 5.41) is 3.54. The van der Waals surface area contributed by atoms with E-state index in [1.54, 1.807) is 0 Å². The molecule has 0 radical (unpaired) electrons. The standard InChI is InChI=1S/C15H32N2S/c1-6-14(11-18-5)17(4)10-13-9-12(2)7-8-15(13)16-3/h12-16H,6-11H2,1-5H3. The van der Waals surface area contributed by atoms with E-state index in [0.29, 0.717) is 0 Å². The zero-order valence-corrected chi connectivity index (χ0v) is 13.7. The Morgan fingerprint density at radius 2 is 2.11 bits per heavy atom. The first-order valence-corrected chi connectivity index (χ1v) is 8.88. The molecule has 0 heterocycles. The summed E-state index contributed by atoms with van der Waals surface area (Å²) in [7, 11) is 4.45. The van der Waals surface area contributed by atoms with E-state index < -0.39 is 0 Å². The molecule has 1 aliphatic carbocycles. The smallest absolute Gasteiger partial charge is 0.0180 e. The maximum atomic E-state index is 3.54. The molecule has 1 saturated carbocycles. The average molecular weight is 273 g/mol. The minimum atomic E-state index is 0.732. The van der Waals surface area contributed by atoms with Gasteiger partial charge < -0.3 is 10.2 Å². The molecule has 4 unspecified atom stereocenters. The highest BCUT2D eigenvalue weighted by atomic mass is 32.2. The summed E-state index contributed by atoms with van der Waals surface area (Å²) in [5.41, 5.74) is 0. The molecule has 0 aromatic rings. The summed E-state index contributed by atoms with van der Waals surface area (Å²) in [6, 6.07) is 1.48. The largest absolute Gasteiger partial charge is 0.317 e. The predicted octanol–water partition coefficient (Wildman–Crippen LogP) is 3.08. The summed E-state index contributed by atoms with van der Waals surface area (Å²) in [4.78, 5) is 2.60. The van der Waals surface area contributed by atoms with E-state index in [1.165, 1.54) is 38.0 Å². The van der Waals surface area contributed by atoms with Crippen LogP contribution in [0.4, 0.5) is 0 Å². The molecule has 2 nitrogen and oxygen atoms in total. The summed E-state index contributed by atoms with van der Waals surface area (Å²) in [5.74, 6) is 3.01. The van der Waals surface area contributed by atoms with Crippen molar-refractivity contribution < 1.29 is 0 Å². The molecular weight excluding hydrogens is 240 g/mol. The van der Waals surface area contributed by atoms with Crippen molar-refractivity contribution in [1.29, 1.82) is 0 Å². The van der Waals surface area contributed by atoms with E-state index in [1.807, 2.05) is 11.8 Å². The van der Waals surface area contributed by atoms with Crippen molar-refractivity contribution >= 4 is 11.8 Å². The van der Waals surface area contributed by atoms with Gasteiger partial charge in [-0.3, -0.25) is 0 Å². The van der Waals surface area contributed by atoms with Crippen LogP contribution in [0.3, 0.4) is 0 Å². The van der Waals surface area contributed by atoms with E-state index in [9.17, 15) is 0 Å². The topological polar surface area (TPSA) is 15.3 Å². The van der Waals surface area contributed by atoms with Gasteiger partial charge in [-0.25, -0.2) is 0 Å². The first kappa shape index (κ1) is 16.3. The van der Waals surface area contributed by atoms with Crippen molar-refractivity contribution in [2.24, 2.45) is 11.8 Å². The van der Waals surface area contributed by atoms with E-state index in [-0.39, 0.29) is 0 Å². The Kier molecular flexibility index (Phi) is 7.66. The van der Waals surface area contributed by atoms with Crippen molar-refractivity contribution in [2.75, 3.05) is 32.6 Å². The SMILES string of the molecule is CCC(CSC)N(C)CC1CC(C)CCC1NC. The van der Waals surface area contributed by atoms with Gasteiger partial charge in [0.1, 0.15) is 0 Å². The lowest BCUT2D eigenvalue weighted by molar-refractivity contribution is 0.142. The van der Waals surface area contributed by atoms with E-state index in [0.717, 1.165) is 23.9 Å². The summed E-state index contributed by atoms with van der Waals surface area (Å²) in [6.45, 7) is 5.99. The fourth-order valence-corrected chi connectivity index (χ4v) is 4.22. The van der Waals surface area contributed by atoms with Crippen LogP contribution in [0.15, 0.2) is 0 Å². The van der Waals surface area contributed by atoms with Crippen LogP contribution in [0.25, 0.3) is 0 Å². The molecule has 108 valence electrons. The molecule has 3 heteroatoms. The Bertz CT molecular complexity index is 223. The van der Waals surface area contributed by atoms with E-state index >= 15 is 0 Å². The van der Waals surface area contributed by atoms with Gasteiger partial charge in [0.15, 0.2) is 0 Å². The molecule has 1 aliphatic rings. The Morgan fingerprint density at radius 1 is 1.39 bits per heavy atom. The van der Waals surface area contributed by atoms with Gasteiger partial charge in [-0.15, -0.1) is 0 Å². The van der Waals surface area contributed by atoms with E-state index in [4.69, 9.17) is 0 Å². The number of hydrogen-bond donors (Lipinski definition) is 1. The van der Waals surface area contributed by atoms with Crippen molar-refractivity contribution in [2.45, 2.75) is 51.6 Å². The fraction of sp³-hybridized carbons (Fsp3) is 1.00. The Labute approximate surface area is 118 Å². The highest BCUT2D eigenvalue weighted by molar-refractivity contribution is 7.98. The van der Waals surface area contributed by atoms with Crippen LogP contribution >= 0.6 is 11.8 Å². The lowest BCUT2D eigenvalue weighted by Gasteiger charge is -2.39. The third kappa shape index (κ3) is 4.75. The summed E-state index contributed by atoms with van der Waals surface area (Å²) in [6.07, 6.45) is 7.63. The van der Waals surface area contributed by atoms with Crippen LogP contribution in [0.2, 0.25) is 0 Å². The molecule has 0 spiro atoms. The highest BCUT2D eigenvalue weighted by Gasteiger charge is 2.29. The Balaban J connectivity index is 2.51. The predicted molar refractivity (Wildman–Crippen MR) is 84.4 cm³/mol. The Hall–Kier alpha value is 0.270. The van der Waals surface area contributed by atoms with Gasteiger partial charge in [-0.2, -0.15) is 11.8 Å². The molecule has 0 bridgehead atoms. The molecule has 18 heavy (non-hydrogen) atoms. The van der Waals surface area contributed by atoms with Crippen LogP contribution in [-0.4, -0.2) is 49.6 Å². The molecule has 1 rings (SSSR count). The maximum absolute atomic E-state index is 3.54. The Morgan fingerprint density at radius 3 is 2.67 bits per heavy atom. The number of nitrogens with one attached hydrogen (secondary N) is 1. The number of thioether (sulfide) groups is 1. The second-order valence-electron chi connectivity index (χ2n) is 6.03. The second kappa shape index (κ2) is 8.44. The van der Waals surface area contributed by atoms with Gasteiger partial charge in [-0.05, 0) is 57.9 Å². The summed E-state index contributed by atoms with van der Waals surface area (Å²) < 4.78 is 0. The first-order valence-electron chi connectivity index (χ1n) is 7.48. The van der Waals surface area contributed by atoms with Gasteiger partial charge in [0.25, 0.3) is 0 Å². The fourth-order valence-electron chi connectivity index (χ4n) is 3.35. The van der Waals surface area contributed by atoms with Crippen molar-refractivity contribution in [1.82, 2.24) is 10.2 Å². The van der Waals surface area contributed by atoms with Crippen LogP contribution in [0.5, 0.6) is 0 Å². The lowest BCUT2D eigenvalue weighted by Crippen LogP contribution is -2.46. The molecule has 1 N–H and O–H groups in total. The van der Waals surface area contributed by atoms with Crippen molar-refractivity contribution in [3.8, 4) is 0 Å². The van der Waals surface area contributed by atoms with Gasteiger partial charge in [0, 0.05) is 24.4 Å². The minimum absolute atomic E-state index is 0.732. The minimum Gasteiger partial charge on any atom is -0.317 e. The quantitative estimate of drug-likeness (QED) is 0.767. The molecule has 0 saturated heterocycles. The van der Waals surface area contributed by atoms with Crippen molar-refractivity contribution in [3.05, 3.63) is 0 Å².